The van der Waals surface area contributed by atoms with Crippen LogP contribution in [0.25, 0.3) is 0 Å². The number of hydrogen-bond donors (Lipinski definition) is 1. The molecule has 0 fully saturated rings. The average molecular weight is 287 g/mol. The number of hydrogen-bond acceptors (Lipinski definition) is 3. The molecular formula is C16H21N3O2. The summed E-state index contributed by atoms with van der Waals surface area (Å²) in [5.74, 6) is -0.520. The largest absolute Gasteiger partial charge is 0.338 e. The van der Waals surface area contributed by atoms with Gasteiger partial charge in [-0.1, -0.05) is 6.07 Å². The molecule has 0 heterocycles. The van der Waals surface area contributed by atoms with E-state index in [1.165, 1.54) is 6.92 Å². The molecule has 1 aromatic rings. The van der Waals surface area contributed by atoms with Crippen LogP contribution in [-0.4, -0.2) is 29.8 Å². The van der Waals surface area contributed by atoms with Gasteiger partial charge in [0.15, 0.2) is 0 Å². The van der Waals surface area contributed by atoms with Gasteiger partial charge in [0.2, 0.25) is 5.91 Å². The minimum atomic E-state index is -0.214. The molecule has 0 bridgehead atoms. The number of aryl methyl sites for hydroxylation is 1. The summed E-state index contributed by atoms with van der Waals surface area (Å²) < 4.78 is 0. The summed E-state index contributed by atoms with van der Waals surface area (Å²) in [4.78, 5) is 25.3. The van der Waals surface area contributed by atoms with Crippen molar-refractivity contribution in [2.45, 2.75) is 27.7 Å². The average Bonchev–Trinajstić information content (AvgIpc) is 2.45. The molecule has 0 aliphatic carbocycles. The van der Waals surface area contributed by atoms with Crippen LogP contribution in [0.1, 0.15) is 36.7 Å². The predicted molar refractivity (Wildman–Crippen MR) is 81.8 cm³/mol. The smallest absolute Gasteiger partial charge is 0.253 e. The van der Waals surface area contributed by atoms with Crippen LogP contribution in [0.2, 0.25) is 0 Å². The SMILES string of the molecule is CCN(CC(C)C#N)C(=O)c1ccc(C)c(NC(C)=O)c1. The Morgan fingerprint density at radius 1 is 1.43 bits per heavy atom. The molecule has 0 aliphatic rings. The van der Waals surface area contributed by atoms with Gasteiger partial charge in [0.05, 0.1) is 12.0 Å². The molecule has 0 aromatic heterocycles. The van der Waals surface area contributed by atoms with Gasteiger partial charge in [0.25, 0.3) is 5.91 Å². The highest BCUT2D eigenvalue weighted by Crippen LogP contribution is 2.18. The predicted octanol–water partition coefficient (Wildman–Crippen LogP) is 2.58. The summed E-state index contributed by atoms with van der Waals surface area (Å²) in [6.45, 7) is 7.90. The molecule has 0 saturated heterocycles. The number of benzene rings is 1. The molecule has 0 spiro atoms. The van der Waals surface area contributed by atoms with Crippen LogP contribution < -0.4 is 5.32 Å². The Morgan fingerprint density at radius 3 is 2.62 bits per heavy atom. The topological polar surface area (TPSA) is 73.2 Å². The normalized spacial score (nSPS) is 11.4. The van der Waals surface area contributed by atoms with Crippen molar-refractivity contribution in [2.75, 3.05) is 18.4 Å². The number of amides is 2. The zero-order valence-corrected chi connectivity index (χ0v) is 12.9. The standard InChI is InChI=1S/C16H21N3O2/c1-5-19(10-11(2)9-17)16(21)14-7-6-12(3)15(8-14)18-13(4)20/h6-8,11H,5,10H2,1-4H3,(H,18,20). The summed E-state index contributed by atoms with van der Waals surface area (Å²) in [6.07, 6.45) is 0. The Balaban J connectivity index is 3.00. The lowest BCUT2D eigenvalue weighted by atomic mass is 10.1. The quantitative estimate of drug-likeness (QED) is 0.904. The molecule has 1 unspecified atom stereocenters. The second-order valence-corrected chi connectivity index (χ2v) is 5.08. The Labute approximate surface area is 125 Å². The number of nitriles is 1. The monoisotopic (exact) mass is 287 g/mol. The highest BCUT2D eigenvalue weighted by Gasteiger charge is 2.17. The summed E-state index contributed by atoms with van der Waals surface area (Å²) in [6, 6.07) is 7.36. The number of rotatable bonds is 5. The summed E-state index contributed by atoms with van der Waals surface area (Å²) in [5.41, 5.74) is 2.05. The summed E-state index contributed by atoms with van der Waals surface area (Å²) in [7, 11) is 0. The molecule has 0 radical (unpaired) electrons. The van der Waals surface area contributed by atoms with E-state index in [1.807, 2.05) is 13.8 Å². The summed E-state index contributed by atoms with van der Waals surface area (Å²) in [5, 5.41) is 11.6. The molecule has 112 valence electrons. The molecule has 21 heavy (non-hydrogen) atoms. The van der Waals surface area contributed by atoms with Crippen LogP contribution in [0, 0.1) is 24.2 Å². The van der Waals surface area contributed by atoms with Gasteiger partial charge in [-0.3, -0.25) is 9.59 Å². The third-order valence-electron chi connectivity index (χ3n) is 3.18. The van der Waals surface area contributed by atoms with Crippen molar-refractivity contribution < 1.29 is 9.59 Å². The maximum Gasteiger partial charge on any atom is 0.253 e. The Kier molecular flexibility index (Phi) is 5.92. The van der Waals surface area contributed by atoms with Gasteiger partial charge in [-0.2, -0.15) is 5.26 Å². The third kappa shape index (κ3) is 4.60. The fourth-order valence-electron chi connectivity index (χ4n) is 1.99. The molecule has 0 aliphatic heterocycles. The molecule has 5 heteroatoms. The maximum absolute atomic E-state index is 12.5. The van der Waals surface area contributed by atoms with Crippen LogP contribution in [0.5, 0.6) is 0 Å². The van der Waals surface area contributed by atoms with E-state index in [0.29, 0.717) is 24.3 Å². The Bertz CT molecular complexity index is 575. The highest BCUT2D eigenvalue weighted by molar-refractivity contribution is 5.97. The first kappa shape index (κ1) is 16.7. The molecule has 2 amide bonds. The number of carbonyl (C=O) groups excluding carboxylic acids is 2. The first-order valence-electron chi connectivity index (χ1n) is 6.96. The van der Waals surface area contributed by atoms with Gasteiger partial charge < -0.3 is 10.2 Å². The molecule has 1 N–H and O–H groups in total. The first-order valence-corrected chi connectivity index (χ1v) is 6.96. The van der Waals surface area contributed by atoms with E-state index in [4.69, 9.17) is 5.26 Å². The molecule has 1 atom stereocenters. The minimum absolute atomic E-state index is 0.133. The van der Waals surface area contributed by atoms with Crippen molar-refractivity contribution >= 4 is 17.5 Å². The van der Waals surface area contributed by atoms with E-state index in [-0.39, 0.29) is 17.7 Å². The van der Waals surface area contributed by atoms with E-state index in [9.17, 15) is 9.59 Å². The molecule has 5 nitrogen and oxygen atoms in total. The number of nitrogens with one attached hydrogen (secondary N) is 1. The first-order chi connectivity index (χ1) is 9.88. The lowest BCUT2D eigenvalue weighted by molar-refractivity contribution is -0.114. The number of anilines is 1. The fraction of sp³-hybridized carbons (Fsp3) is 0.438. The number of nitrogens with zero attached hydrogens (tertiary/aromatic N) is 2. The molecule has 1 rings (SSSR count). The zero-order chi connectivity index (χ0) is 16.0. The van der Waals surface area contributed by atoms with Crippen LogP contribution in [0.15, 0.2) is 18.2 Å². The second-order valence-electron chi connectivity index (χ2n) is 5.08. The molecule has 0 saturated carbocycles. The van der Waals surface area contributed by atoms with Crippen molar-refractivity contribution in [3.05, 3.63) is 29.3 Å². The van der Waals surface area contributed by atoms with E-state index < -0.39 is 0 Å². The summed E-state index contributed by atoms with van der Waals surface area (Å²) >= 11 is 0. The van der Waals surface area contributed by atoms with Crippen molar-refractivity contribution in [1.82, 2.24) is 4.90 Å². The van der Waals surface area contributed by atoms with E-state index in [0.717, 1.165) is 5.56 Å². The van der Waals surface area contributed by atoms with Gasteiger partial charge >= 0.3 is 0 Å². The molecular weight excluding hydrogens is 266 g/mol. The van der Waals surface area contributed by atoms with Crippen molar-refractivity contribution in [2.24, 2.45) is 5.92 Å². The van der Waals surface area contributed by atoms with Gasteiger partial charge in [-0.15, -0.1) is 0 Å². The second kappa shape index (κ2) is 7.44. The van der Waals surface area contributed by atoms with Crippen LogP contribution >= 0.6 is 0 Å². The lowest BCUT2D eigenvalue weighted by Crippen LogP contribution is -2.34. The molecule has 1 aromatic carbocycles. The lowest BCUT2D eigenvalue weighted by Gasteiger charge is -2.22. The van der Waals surface area contributed by atoms with Gasteiger partial charge in [0.1, 0.15) is 0 Å². The van der Waals surface area contributed by atoms with E-state index >= 15 is 0 Å². The van der Waals surface area contributed by atoms with Gasteiger partial charge in [0, 0.05) is 31.3 Å². The third-order valence-corrected chi connectivity index (χ3v) is 3.18. The Hall–Kier alpha value is -2.35. The van der Waals surface area contributed by atoms with Crippen LogP contribution in [0.4, 0.5) is 5.69 Å². The van der Waals surface area contributed by atoms with Gasteiger partial charge in [-0.25, -0.2) is 0 Å². The highest BCUT2D eigenvalue weighted by atomic mass is 16.2. The fourth-order valence-corrected chi connectivity index (χ4v) is 1.99. The van der Waals surface area contributed by atoms with Crippen LogP contribution in [0.3, 0.4) is 0 Å². The van der Waals surface area contributed by atoms with Crippen molar-refractivity contribution in [3.63, 3.8) is 0 Å². The van der Waals surface area contributed by atoms with Gasteiger partial charge in [-0.05, 0) is 38.5 Å². The van der Waals surface area contributed by atoms with E-state index in [2.05, 4.69) is 11.4 Å². The Morgan fingerprint density at radius 2 is 2.10 bits per heavy atom. The van der Waals surface area contributed by atoms with Crippen molar-refractivity contribution in [3.8, 4) is 6.07 Å². The van der Waals surface area contributed by atoms with Crippen LogP contribution in [-0.2, 0) is 4.79 Å². The van der Waals surface area contributed by atoms with Crippen molar-refractivity contribution in [1.29, 1.82) is 5.26 Å². The minimum Gasteiger partial charge on any atom is -0.338 e. The number of carbonyl (C=O) groups is 2. The van der Waals surface area contributed by atoms with E-state index in [1.54, 1.807) is 30.0 Å². The zero-order valence-electron chi connectivity index (χ0n) is 12.9. The maximum atomic E-state index is 12.5.